The van der Waals surface area contributed by atoms with Gasteiger partial charge in [-0.1, -0.05) is 60.7 Å². The van der Waals surface area contributed by atoms with Crippen LogP contribution in [0.2, 0.25) is 0 Å². The van der Waals surface area contributed by atoms with Gasteiger partial charge in [-0.3, -0.25) is 0 Å². The number of methoxy groups -OCH3 is 2. The Morgan fingerprint density at radius 2 is 0.976 bits per heavy atom. The van der Waals surface area contributed by atoms with Crippen molar-refractivity contribution in [2.75, 3.05) is 14.2 Å². The van der Waals surface area contributed by atoms with Crippen molar-refractivity contribution in [1.29, 1.82) is 0 Å². The van der Waals surface area contributed by atoms with Crippen LogP contribution < -0.4 is 0 Å². The maximum absolute atomic E-state index is 12.3. The molecule has 0 saturated carbocycles. The topological polar surface area (TPSA) is 91.3 Å². The molecule has 7 heteroatoms. The summed E-state index contributed by atoms with van der Waals surface area (Å²) in [6.07, 6.45) is 0. The lowest BCUT2D eigenvalue weighted by Crippen LogP contribution is -2.06. The number of fused-ring (bicyclic) bond motifs is 2. The van der Waals surface area contributed by atoms with E-state index in [2.05, 4.69) is 41.2 Å². The van der Waals surface area contributed by atoms with Crippen molar-refractivity contribution in [2.45, 2.75) is 6.92 Å². The van der Waals surface area contributed by atoms with Crippen LogP contribution in [0.5, 0.6) is 0 Å². The van der Waals surface area contributed by atoms with Crippen molar-refractivity contribution in [1.82, 2.24) is 15.0 Å². The van der Waals surface area contributed by atoms with E-state index in [4.69, 9.17) is 14.5 Å². The number of nitrogens with zero attached hydrogens (tertiary/aromatic N) is 3. The molecule has 0 amide bonds. The zero-order valence-corrected chi connectivity index (χ0v) is 22.7. The normalized spacial score (nSPS) is 11.0. The van der Waals surface area contributed by atoms with Crippen molar-refractivity contribution in [3.05, 3.63) is 114 Å². The quantitative estimate of drug-likeness (QED) is 0.171. The van der Waals surface area contributed by atoms with Crippen molar-refractivity contribution in [3.63, 3.8) is 0 Å². The molecule has 3 aromatic carbocycles. The molecule has 0 saturated heterocycles. The van der Waals surface area contributed by atoms with Crippen LogP contribution in [0.25, 0.3) is 55.4 Å². The van der Waals surface area contributed by atoms with Gasteiger partial charge in [0, 0.05) is 0 Å². The van der Waals surface area contributed by atoms with Crippen molar-refractivity contribution in [2.24, 2.45) is 0 Å². The molecule has 0 bridgehead atoms. The molecule has 0 radical (unpaired) electrons. The summed E-state index contributed by atoms with van der Waals surface area (Å²) in [5.74, 6) is -1.07. The molecule has 0 aliphatic heterocycles. The van der Waals surface area contributed by atoms with Crippen LogP contribution >= 0.6 is 0 Å². The number of carbonyl (C=O) groups is 2. The minimum Gasteiger partial charge on any atom is -0.464 e. The molecule has 3 aromatic heterocycles. The van der Waals surface area contributed by atoms with Gasteiger partial charge in [0.2, 0.25) is 0 Å². The van der Waals surface area contributed by atoms with E-state index in [-0.39, 0.29) is 11.4 Å². The highest BCUT2D eigenvalue weighted by Crippen LogP contribution is 2.40. The number of aromatic nitrogens is 3. The van der Waals surface area contributed by atoms with Crippen LogP contribution in [0.15, 0.2) is 97.1 Å². The van der Waals surface area contributed by atoms with Crippen LogP contribution in [0.4, 0.5) is 0 Å². The van der Waals surface area contributed by atoms with E-state index < -0.39 is 11.9 Å². The molecular weight excluding hydrogens is 514 g/mol. The monoisotopic (exact) mass is 539 g/mol. The number of carbonyl (C=O) groups excluding carboxylic acids is 2. The molecule has 0 N–H and O–H groups in total. The van der Waals surface area contributed by atoms with Gasteiger partial charge in [0.1, 0.15) is 11.4 Å². The summed E-state index contributed by atoms with van der Waals surface area (Å²) in [6.45, 7) is 2.14. The summed E-state index contributed by atoms with van der Waals surface area (Å²) in [6, 6.07) is 30.9. The highest BCUT2D eigenvalue weighted by molar-refractivity contribution is 6.15. The Morgan fingerprint density at radius 1 is 0.537 bits per heavy atom. The highest BCUT2D eigenvalue weighted by atomic mass is 16.5. The number of rotatable bonds is 5. The number of benzene rings is 3. The minimum absolute atomic E-state index is 0.177. The number of aryl methyl sites for hydroxylation is 1. The third-order valence-electron chi connectivity index (χ3n) is 7.13. The van der Waals surface area contributed by atoms with Crippen LogP contribution in [0, 0.1) is 6.92 Å². The molecule has 6 rings (SSSR count). The molecule has 6 aromatic rings. The SMILES string of the molecule is COC(=O)c1cccc(-c2cc(-c3c4ccccc4c(C)c4ccccc34)cc(-c3cccc(C(=O)OC)n3)n2)n1. The summed E-state index contributed by atoms with van der Waals surface area (Å²) in [4.78, 5) is 38.5. The molecule has 0 fully saturated rings. The largest absolute Gasteiger partial charge is 0.464 e. The van der Waals surface area contributed by atoms with Gasteiger partial charge in [-0.05, 0) is 81.6 Å². The van der Waals surface area contributed by atoms with Gasteiger partial charge in [0.05, 0.1) is 37.0 Å². The number of ether oxygens (including phenoxy) is 2. The molecule has 7 nitrogen and oxygen atoms in total. The third kappa shape index (κ3) is 4.67. The molecule has 0 spiro atoms. The van der Waals surface area contributed by atoms with E-state index in [0.29, 0.717) is 22.8 Å². The second kappa shape index (κ2) is 10.6. The fraction of sp³-hybridized carbons (Fsp3) is 0.0882. The Balaban J connectivity index is 1.68. The summed E-state index contributed by atoms with van der Waals surface area (Å²) >= 11 is 0. The van der Waals surface area contributed by atoms with Gasteiger partial charge in [-0.15, -0.1) is 0 Å². The van der Waals surface area contributed by atoms with E-state index in [1.54, 1.807) is 36.4 Å². The fourth-order valence-electron chi connectivity index (χ4n) is 5.19. The number of pyridine rings is 3. The lowest BCUT2D eigenvalue weighted by molar-refractivity contribution is 0.0585. The van der Waals surface area contributed by atoms with Crippen molar-refractivity contribution in [3.8, 4) is 33.9 Å². The summed E-state index contributed by atoms with van der Waals surface area (Å²) in [5.41, 5.74) is 5.58. The first-order valence-corrected chi connectivity index (χ1v) is 13.0. The maximum Gasteiger partial charge on any atom is 0.356 e. The standard InChI is InChI=1S/C34H25N3O4/c1-20-22-10-4-6-12-24(22)32(25-13-7-5-11-23(20)25)21-18-30(26-14-8-16-28(35-26)33(38)40-2)37-31(19-21)27-15-9-17-29(36-27)34(39)41-3/h4-19H,1-3H3. The zero-order valence-electron chi connectivity index (χ0n) is 22.7. The van der Waals surface area contributed by atoms with E-state index in [1.807, 2.05) is 36.4 Å². The fourth-order valence-corrected chi connectivity index (χ4v) is 5.19. The van der Waals surface area contributed by atoms with E-state index in [0.717, 1.165) is 32.7 Å². The molecule has 0 aliphatic rings. The molecule has 0 atom stereocenters. The first-order chi connectivity index (χ1) is 20.0. The second-order valence-electron chi connectivity index (χ2n) is 9.52. The second-order valence-corrected chi connectivity index (χ2v) is 9.52. The Labute approximate surface area is 236 Å². The molecular formula is C34H25N3O4. The molecule has 3 heterocycles. The van der Waals surface area contributed by atoms with Crippen molar-refractivity contribution >= 4 is 33.5 Å². The average molecular weight is 540 g/mol. The summed E-state index contributed by atoms with van der Waals surface area (Å²) in [7, 11) is 2.64. The zero-order chi connectivity index (χ0) is 28.5. The van der Waals surface area contributed by atoms with Crippen LogP contribution in [0.1, 0.15) is 26.5 Å². The number of hydrogen-bond acceptors (Lipinski definition) is 7. The minimum atomic E-state index is -0.536. The van der Waals surface area contributed by atoms with Gasteiger partial charge in [0.25, 0.3) is 0 Å². The Hall–Kier alpha value is -5.43. The smallest absolute Gasteiger partial charge is 0.356 e. The van der Waals surface area contributed by atoms with Gasteiger partial charge >= 0.3 is 11.9 Å². The average Bonchev–Trinajstić information content (AvgIpc) is 3.04. The van der Waals surface area contributed by atoms with Crippen LogP contribution in [-0.2, 0) is 9.47 Å². The van der Waals surface area contributed by atoms with Gasteiger partial charge in [-0.25, -0.2) is 24.5 Å². The van der Waals surface area contributed by atoms with Crippen LogP contribution in [0.3, 0.4) is 0 Å². The van der Waals surface area contributed by atoms with E-state index in [9.17, 15) is 9.59 Å². The lowest BCUT2D eigenvalue weighted by atomic mass is 9.88. The first kappa shape index (κ1) is 25.8. The molecule has 0 unspecified atom stereocenters. The van der Waals surface area contributed by atoms with E-state index >= 15 is 0 Å². The maximum atomic E-state index is 12.3. The van der Waals surface area contributed by atoms with Crippen molar-refractivity contribution < 1.29 is 19.1 Å². The highest BCUT2D eigenvalue weighted by Gasteiger charge is 2.18. The van der Waals surface area contributed by atoms with Gasteiger partial charge < -0.3 is 9.47 Å². The Kier molecular flexibility index (Phi) is 6.69. The third-order valence-corrected chi connectivity index (χ3v) is 7.13. The van der Waals surface area contributed by atoms with E-state index in [1.165, 1.54) is 19.8 Å². The molecule has 0 aliphatic carbocycles. The molecule has 41 heavy (non-hydrogen) atoms. The Morgan fingerprint density at radius 3 is 1.41 bits per heavy atom. The first-order valence-electron chi connectivity index (χ1n) is 13.0. The number of esters is 2. The van der Waals surface area contributed by atoms with Gasteiger partial charge in [-0.2, -0.15) is 0 Å². The molecule has 200 valence electrons. The lowest BCUT2D eigenvalue weighted by Gasteiger charge is -2.17. The predicted octanol–water partition coefficient (Wildman–Crippen LogP) is 7.06. The summed E-state index contributed by atoms with van der Waals surface area (Å²) in [5, 5.41) is 4.49. The number of hydrogen-bond donors (Lipinski definition) is 0. The van der Waals surface area contributed by atoms with Gasteiger partial charge in [0.15, 0.2) is 0 Å². The Bertz CT molecular complexity index is 1850. The summed E-state index contributed by atoms with van der Waals surface area (Å²) < 4.78 is 9.78. The predicted molar refractivity (Wildman–Crippen MR) is 159 cm³/mol. The van der Waals surface area contributed by atoms with Crippen LogP contribution in [-0.4, -0.2) is 41.1 Å².